The van der Waals surface area contributed by atoms with Crippen LogP contribution in [0.25, 0.3) is 0 Å². The molecule has 1 N–H and O–H groups in total. The zero-order chi connectivity index (χ0) is 10.8. The molecule has 2 heteroatoms. The van der Waals surface area contributed by atoms with Crippen molar-refractivity contribution in [3.8, 4) is 0 Å². The van der Waals surface area contributed by atoms with E-state index in [1.165, 1.54) is 32.1 Å². The molecule has 0 heterocycles. The van der Waals surface area contributed by atoms with Crippen LogP contribution in [-0.2, 0) is 0 Å². The second-order valence-corrected chi connectivity index (χ2v) is 5.45. The fourth-order valence-corrected chi connectivity index (χ4v) is 3.23. The first kappa shape index (κ1) is 11.4. The minimum absolute atomic E-state index is 0.0414. The van der Waals surface area contributed by atoms with Gasteiger partial charge in [-0.2, -0.15) is 0 Å². The highest BCUT2D eigenvalue weighted by atomic mass is 16.3. The molecule has 0 aliphatic heterocycles. The molecule has 2 aliphatic rings. The van der Waals surface area contributed by atoms with Crippen molar-refractivity contribution >= 4 is 0 Å². The van der Waals surface area contributed by atoms with Crippen LogP contribution < -0.4 is 0 Å². The van der Waals surface area contributed by atoms with Gasteiger partial charge in [0, 0.05) is 12.1 Å². The van der Waals surface area contributed by atoms with Crippen molar-refractivity contribution in [2.24, 2.45) is 5.92 Å². The zero-order valence-corrected chi connectivity index (χ0v) is 10.2. The van der Waals surface area contributed by atoms with Gasteiger partial charge in [0.2, 0.25) is 0 Å². The van der Waals surface area contributed by atoms with E-state index in [1.54, 1.807) is 0 Å². The van der Waals surface area contributed by atoms with Gasteiger partial charge in [-0.3, -0.25) is 0 Å². The highest BCUT2D eigenvalue weighted by Crippen LogP contribution is 2.35. The molecule has 0 aromatic heterocycles. The molecule has 0 aromatic carbocycles. The monoisotopic (exact) mass is 211 g/mol. The normalized spacial score (nSPS) is 38.0. The van der Waals surface area contributed by atoms with Crippen molar-refractivity contribution < 1.29 is 5.11 Å². The average Bonchev–Trinajstić information content (AvgIpc) is 2.15. The minimum atomic E-state index is -0.0414. The van der Waals surface area contributed by atoms with E-state index in [-0.39, 0.29) is 6.10 Å². The van der Waals surface area contributed by atoms with Gasteiger partial charge in [0.25, 0.3) is 0 Å². The molecule has 2 fully saturated rings. The van der Waals surface area contributed by atoms with Crippen LogP contribution in [0.5, 0.6) is 0 Å². The maximum Gasteiger partial charge on any atom is 0.0555 e. The highest BCUT2D eigenvalue weighted by molar-refractivity contribution is 4.90. The van der Waals surface area contributed by atoms with Crippen molar-refractivity contribution in [3.63, 3.8) is 0 Å². The van der Waals surface area contributed by atoms with E-state index in [0.717, 1.165) is 24.8 Å². The summed E-state index contributed by atoms with van der Waals surface area (Å²) in [7, 11) is 2.27. The van der Waals surface area contributed by atoms with Crippen LogP contribution in [-0.4, -0.2) is 35.2 Å². The Hall–Kier alpha value is -0.0800. The first-order valence-electron chi connectivity index (χ1n) is 6.62. The lowest BCUT2D eigenvalue weighted by Gasteiger charge is -2.46. The minimum Gasteiger partial charge on any atom is -0.393 e. The van der Waals surface area contributed by atoms with Gasteiger partial charge in [-0.15, -0.1) is 0 Å². The summed E-state index contributed by atoms with van der Waals surface area (Å²) >= 11 is 0. The van der Waals surface area contributed by atoms with Crippen LogP contribution in [0.1, 0.15) is 51.9 Å². The summed E-state index contributed by atoms with van der Waals surface area (Å²) in [6.07, 6.45) is 8.63. The lowest BCUT2D eigenvalue weighted by molar-refractivity contribution is 0.00222. The average molecular weight is 211 g/mol. The van der Waals surface area contributed by atoms with Crippen molar-refractivity contribution in [2.45, 2.75) is 70.1 Å². The van der Waals surface area contributed by atoms with Crippen LogP contribution in [0.15, 0.2) is 0 Å². The molecular formula is C13H25NO. The third-order valence-corrected chi connectivity index (χ3v) is 4.63. The summed E-state index contributed by atoms with van der Waals surface area (Å²) in [5.74, 6) is 0.819. The summed E-state index contributed by atoms with van der Waals surface area (Å²) in [6, 6.07) is 1.46. The van der Waals surface area contributed by atoms with Crippen LogP contribution in [0, 0.1) is 5.92 Å². The van der Waals surface area contributed by atoms with E-state index < -0.39 is 0 Å². The van der Waals surface area contributed by atoms with Gasteiger partial charge in [0.1, 0.15) is 0 Å². The number of hydrogen-bond donors (Lipinski definition) is 1. The van der Waals surface area contributed by atoms with Gasteiger partial charge in [0.05, 0.1) is 6.10 Å². The quantitative estimate of drug-likeness (QED) is 0.775. The number of aliphatic hydroxyl groups is 1. The third kappa shape index (κ3) is 2.36. The van der Waals surface area contributed by atoms with Gasteiger partial charge in [-0.1, -0.05) is 19.8 Å². The Labute approximate surface area is 93.7 Å². The molecule has 3 unspecified atom stereocenters. The molecule has 0 amide bonds. The first-order chi connectivity index (χ1) is 7.22. The second kappa shape index (κ2) is 4.84. The fourth-order valence-electron chi connectivity index (χ4n) is 3.23. The van der Waals surface area contributed by atoms with Crippen molar-refractivity contribution in [3.05, 3.63) is 0 Å². The van der Waals surface area contributed by atoms with Crippen molar-refractivity contribution in [2.75, 3.05) is 7.05 Å². The standard InChI is InChI=1S/C13H25NO/c1-3-10-7-8-12(15)9-13(10)14(2)11-5-4-6-11/h10-13,15H,3-9H2,1-2H3. The maximum absolute atomic E-state index is 9.79. The van der Waals surface area contributed by atoms with Crippen LogP contribution in [0.3, 0.4) is 0 Å². The lowest BCUT2D eigenvalue weighted by atomic mass is 9.78. The highest BCUT2D eigenvalue weighted by Gasteiger charge is 2.35. The van der Waals surface area contributed by atoms with Gasteiger partial charge in [-0.05, 0) is 45.1 Å². The van der Waals surface area contributed by atoms with E-state index in [0.29, 0.717) is 6.04 Å². The molecule has 2 rings (SSSR count). The predicted molar refractivity (Wildman–Crippen MR) is 62.8 cm³/mol. The Morgan fingerprint density at radius 2 is 1.93 bits per heavy atom. The summed E-state index contributed by atoms with van der Waals surface area (Å²) in [6.45, 7) is 2.30. The van der Waals surface area contributed by atoms with E-state index in [1.807, 2.05) is 0 Å². The van der Waals surface area contributed by atoms with Crippen LogP contribution in [0.2, 0.25) is 0 Å². The molecular weight excluding hydrogens is 186 g/mol. The van der Waals surface area contributed by atoms with E-state index in [9.17, 15) is 5.11 Å². The van der Waals surface area contributed by atoms with E-state index in [2.05, 4.69) is 18.9 Å². The van der Waals surface area contributed by atoms with Crippen molar-refractivity contribution in [1.82, 2.24) is 4.90 Å². The van der Waals surface area contributed by atoms with E-state index in [4.69, 9.17) is 0 Å². The van der Waals surface area contributed by atoms with Gasteiger partial charge in [0.15, 0.2) is 0 Å². The smallest absolute Gasteiger partial charge is 0.0555 e. The first-order valence-corrected chi connectivity index (χ1v) is 6.62. The van der Waals surface area contributed by atoms with Crippen molar-refractivity contribution in [1.29, 1.82) is 0 Å². The Kier molecular flexibility index (Phi) is 3.68. The summed E-state index contributed by atoms with van der Waals surface area (Å²) in [5, 5.41) is 9.79. The molecule has 0 spiro atoms. The van der Waals surface area contributed by atoms with Gasteiger partial charge >= 0.3 is 0 Å². The second-order valence-electron chi connectivity index (χ2n) is 5.45. The number of nitrogens with zero attached hydrogens (tertiary/aromatic N) is 1. The molecule has 0 aromatic rings. The fraction of sp³-hybridized carbons (Fsp3) is 1.00. The molecule has 0 bridgehead atoms. The van der Waals surface area contributed by atoms with Gasteiger partial charge < -0.3 is 10.0 Å². The van der Waals surface area contributed by atoms with Gasteiger partial charge in [-0.25, -0.2) is 0 Å². The SMILES string of the molecule is CCC1CCC(O)CC1N(C)C1CCC1. The molecule has 15 heavy (non-hydrogen) atoms. The topological polar surface area (TPSA) is 23.5 Å². The van der Waals surface area contributed by atoms with Crippen LogP contribution >= 0.6 is 0 Å². The summed E-state index contributed by atoms with van der Waals surface area (Å²) in [4.78, 5) is 2.57. The zero-order valence-electron chi connectivity index (χ0n) is 10.2. The summed E-state index contributed by atoms with van der Waals surface area (Å²) < 4.78 is 0. The number of hydrogen-bond acceptors (Lipinski definition) is 2. The molecule has 0 saturated heterocycles. The molecule has 88 valence electrons. The number of aliphatic hydroxyl groups excluding tert-OH is 1. The van der Waals surface area contributed by atoms with E-state index >= 15 is 0 Å². The largest absolute Gasteiger partial charge is 0.393 e. The number of rotatable bonds is 3. The maximum atomic E-state index is 9.79. The Balaban J connectivity index is 1.95. The molecule has 2 aliphatic carbocycles. The Bertz CT molecular complexity index is 203. The summed E-state index contributed by atoms with van der Waals surface area (Å²) in [5.41, 5.74) is 0. The molecule has 2 saturated carbocycles. The molecule has 3 atom stereocenters. The Morgan fingerprint density at radius 1 is 1.20 bits per heavy atom. The Morgan fingerprint density at radius 3 is 2.47 bits per heavy atom. The predicted octanol–water partition coefficient (Wildman–Crippen LogP) is 2.41. The lowest BCUT2D eigenvalue weighted by Crippen LogP contribution is -2.50. The molecule has 0 radical (unpaired) electrons. The molecule has 2 nitrogen and oxygen atoms in total. The van der Waals surface area contributed by atoms with Crippen LogP contribution in [0.4, 0.5) is 0 Å². The third-order valence-electron chi connectivity index (χ3n) is 4.63.